The molecule has 136 valence electrons. The molecule has 25 heavy (non-hydrogen) atoms. The molecule has 3 rings (SSSR count). The summed E-state index contributed by atoms with van der Waals surface area (Å²) >= 11 is 0. The van der Waals surface area contributed by atoms with E-state index in [2.05, 4.69) is 10.1 Å². The molecule has 7 nitrogen and oxygen atoms in total. The standard InChI is InChI=1S/C17H23N3O4S/c1-14(16-3-2-7-18-11-16)20(12-15-4-8-23-9-5-15)25(21,22)13-17-6-10-24-19-17/h2-3,6-7,10-11,14-15H,4-5,8-9,12-13H2,1H3. The number of rotatable bonds is 7. The van der Waals surface area contributed by atoms with Gasteiger partial charge in [0.1, 0.15) is 12.0 Å². The first-order valence-corrected chi connectivity index (χ1v) is 10.0. The predicted molar refractivity (Wildman–Crippen MR) is 92.0 cm³/mol. The largest absolute Gasteiger partial charge is 0.381 e. The van der Waals surface area contributed by atoms with Crippen LogP contribution in [0.4, 0.5) is 0 Å². The van der Waals surface area contributed by atoms with E-state index in [4.69, 9.17) is 9.26 Å². The Morgan fingerprint density at radius 2 is 2.12 bits per heavy atom. The van der Waals surface area contributed by atoms with Gasteiger partial charge in [-0.1, -0.05) is 11.2 Å². The minimum atomic E-state index is -3.55. The fourth-order valence-electron chi connectivity index (χ4n) is 3.07. The van der Waals surface area contributed by atoms with Crippen LogP contribution in [0, 0.1) is 5.92 Å². The van der Waals surface area contributed by atoms with Gasteiger partial charge in [-0.25, -0.2) is 8.42 Å². The molecule has 0 N–H and O–H groups in total. The number of ether oxygens (including phenoxy) is 1. The van der Waals surface area contributed by atoms with Crippen molar-refractivity contribution in [1.29, 1.82) is 0 Å². The van der Waals surface area contributed by atoms with Gasteiger partial charge >= 0.3 is 0 Å². The van der Waals surface area contributed by atoms with E-state index in [0.717, 1.165) is 18.4 Å². The summed E-state index contributed by atoms with van der Waals surface area (Å²) in [6, 6.07) is 5.01. The summed E-state index contributed by atoms with van der Waals surface area (Å²) in [7, 11) is -3.55. The summed E-state index contributed by atoms with van der Waals surface area (Å²) in [5.74, 6) is 0.122. The third-order valence-corrected chi connectivity index (χ3v) is 6.40. The molecule has 1 atom stereocenters. The SMILES string of the molecule is CC(c1cccnc1)N(CC1CCOCC1)S(=O)(=O)Cc1ccon1. The Balaban J connectivity index is 1.84. The Labute approximate surface area is 148 Å². The second-order valence-electron chi connectivity index (χ2n) is 6.33. The fourth-order valence-corrected chi connectivity index (χ4v) is 4.80. The topological polar surface area (TPSA) is 85.5 Å². The molecule has 0 aliphatic carbocycles. The molecule has 2 aromatic heterocycles. The van der Waals surface area contributed by atoms with Crippen LogP contribution in [0.3, 0.4) is 0 Å². The van der Waals surface area contributed by atoms with Crippen molar-refractivity contribution in [3.8, 4) is 0 Å². The summed E-state index contributed by atoms with van der Waals surface area (Å²) in [6.45, 7) is 3.74. The molecule has 1 fully saturated rings. The van der Waals surface area contributed by atoms with E-state index in [1.165, 1.54) is 6.26 Å². The number of pyridine rings is 1. The van der Waals surface area contributed by atoms with Crippen molar-refractivity contribution in [2.24, 2.45) is 5.92 Å². The van der Waals surface area contributed by atoms with Gasteiger partial charge in [0.15, 0.2) is 0 Å². The molecular weight excluding hydrogens is 342 g/mol. The van der Waals surface area contributed by atoms with Crippen molar-refractivity contribution in [3.63, 3.8) is 0 Å². The van der Waals surface area contributed by atoms with Crippen LogP contribution in [0.15, 0.2) is 41.4 Å². The first-order valence-electron chi connectivity index (χ1n) is 8.42. The average Bonchev–Trinajstić information content (AvgIpc) is 3.13. The highest BCUT2D eigenvalue weighted by atomic mass is 32.2. The van der Waals surface area contributed by atoms with E-state index in [0.29, 0.717) is 31.4 Å². The molecule has 1 saturated heterocycles. The minimum Gasteiger partial charge on any atom is -0.381 e. The molecule has 0 radical (unpaired) electrons. The van der Waals surface area contributed by atoms with Gasteiger partial charge in [-0.05, 0) is 37.3 Å². The highest BCUT2D eigenvalue weighted by Crippen LogP contribution is 2.28. The lowest BCUT2D eigenvalue weighted by Crippen LogP contribution is -2.39. The number of hydrogen-bond donors (Lipinski definition) is 0. The van der Waals surface area contributed by atoms with Crippen LogP contribution >= 0.6 is 0 Å². The maximum atomic E-state index is 13.1. The fraction of sp³-hybridized carbons (Fsp3) is 0.529. The normalized spacial score (nSPS) is 17.7. The van der Waals surface area contributed by atoms with Gasteiger partial charge in [-0.15, -0.1) is 0 Å². The third-order valence-electron chi connectivity index (χ3n) is 4.56. The molecule has 2 aromatic rings. The van der Waals surface area contributed by atoms with Gasteiger partial charge in [0.05, 0.1) is 5.69 Å². The number of aromatic nitrogens is 2. The summed E-state index contributed by atoms with van der Waals surface area (Å²) in [5, 5.41) is 3.75. The van der Waals surface area contributed by atoms with E-state index in [1.54, 1.807) is 22.8 Å². The molecule has 0 spiro atoms. The lowest BCUT2D eigenvalue weighted by Gasteiger charge is -2.33. The van der Waals surface area contributed by atoms with Crippen LogP contribution < -0.4 is 0 Å². The third kappa shape index (κ3) is 4.65. The Morgan fingerprint density at radius 3 is 2.76 bits per heavy atom. The van der Waals surface area contributed by atoms with Crippen molar-refractivity contribution in [3.05, 3.63) is 48.1 Å². The Morgan fingerprint density at radius 1 is 1.32 bits per heavy atom. The molecule has 0 amide bonds. The lowest BCUT2D eigenvalue weighted by molar-refractivity contribution is 0.0581. The van der Waals surface area contributed by atoms with Crippen molar-refractivity contribution in [2.45, 2.75) is 31.6 Å². The zero-order valence-electron chi connectivity index (χ0n) is 14.2. The van der Waals surface area contributed by atoms with Crippen LogP contribution in [-0.2, 0) is 20.5 Å². The maximum absolute atomic E-state index is 13.1. The first kappa shape index (κ1) is 18.0. The zero-order chi connectivity index (χ0) is 17.7. The van der Waals surface area contributed by atoms with E-state index < -0.39 is 10.0 Å². The summed E-state index contributed by atoms with van der Waals surface area (Å²) in [5.41, 5.74) is 1.29. The number of sulfonamides is 1. The molecule has 1 aliphatic heterocycles. The van der Waals surface area contributed by atoms with Crippen LogP contribution in [0.1, 0.15) is 37.1 Å². The van der Waals surface area contributed by atoms with Gasteiger partial charge in [-0.2, -0.15) is 4.31 Å². The molecule has 3 heterocycles. The quantitative estimate of drug-likeness (QED) is 0.749. The van der Waals surface area contributed by atoms with E-state index >= 15 is 0 Å². The van der Waals surface area contributed by atoms with Gasteiger partial charge in [0, 0.05) is 44.3 Å². The molecule has 1 unspecified atom stereocenters. The number of nitrogens with zero attached hydrogens (tertiary/aromatic N) is 3. The second-order valence-corrected chi connectivity index (χ2v) is 8.26. The smallest absolute Gasteiger partial charge is 0.220 e. The monoisotopic (exact) mass is 365 g/mol. The molecule has 0 bridgehead atoms. The van der Waals surface area contributed by atoms with Gasteiger partial charge in [0.25, 0.3) is 0 Å². The molecular formula is C17H23N3O4S. The molecule has 1 aliphatic rings. The van der Waals surface area contributed by atoms with Crippen molar-refractivity contribution >= 4 is 10.0 Å². The molecule has 0 aromatic carbocycles. The van der Waals surface area contributed by atoms with Gasteiger partial charge in [0.2, 0.25) is 10.0 Å². The summed E-state index contributed by atoms with van der Waals surface area (Å²) in [4.78, 5) is 4.12. The van der Waals surface area contributed by atoms with Crippen LogP contribution in [0.5, 0.6) is 0 Å². The van der Waals surface area contributed by atoms with E-state index in [9.17, 15) is 8.42 Å². The Kier molecular flexibility index (Phi) is 5.82. The van der Waals surface area contributed by atoms with Gasteiger partial charge in [-0.3, -0.25) is 4.98 Å². The van der Waals surface area contributed by atoms with E-state index in [-0.39, 0.29) is 11.8 Å². The second kappa shape index (κ2) is 8.07. The van der Waals surface area contributed by atoms with Crippen molar-refractivity contribution in [2.75, 3.05) is 19.8 Å². The van der Waals surface area contributed by atoms with Crippen LogP contribution in [-0.4, -0.2) is 42.6 Å². The summed E-state index contributed by atoms with van der Waals surface area (Å²) < 4.78 is 37.9. The molecule has 8 heteroatoms. The highest BCUT2D eigenvalue weighted by Gasteiger charge is 2.32. The Bertz CT molecular complexity index is 743. The lowest BCUT2D eigenvalue weighted by atomic mass is 9.99. The zero-order valence-corrected chi connectivity index (χ0v) is 15.1. The van der Waals surface area contributed by atoms with Crippen molar-refractivity contribution in [1.82, 2.24) is 14.4 Å². The van der Waals surface area contributed by atoms with Crippen molar-refractivity contribution < 1.29 is 17.7 Å². The highest BCUT2D eigenvalue weighted by molar-refractivity contribution is 7.88. The van der Waals surface area contributed by atoms with Gasteiger partial charge < -0.3 is 9.26 Å². The summed E-state index contributed by atoms with van der Waals surface area (Å²) in [6.07, 6.45) is 6.53. The average molecular weight is 365 g/mol. The van der Waals surface area contributed by atoms with Crippen LogP contribution in [0.25, 0.3) is 0 Å². The molecule has 0 saturated carbocycles. The van der Waals surface area contributed by atoms with E-state index in [1.807, 2.05) is 19.1 Å². The first-order chi connectivity index (χ1) is 12.1. The number of hydrogen-bond acceptors (Lipinski definition) is 6. The maximum Gasteiger partial charge on any atom is 0.220 e. The van der Waals surface area contributed by atoms with Crippen LogP contribution in [0.2, 0.25) is 0 Å². The minimum absolute atomic E-state index is 0.169. The predicted octanol–water partition coefficient (Wildman–Crippen LogP) is 2.39. The Hall–Kier alpha value is -1.77.